The largest absolute Gasteiger partial charge is 0.466 e. The third-order valence-electron chi connectivity index (χ3n) is 3.45. The van der Waals surface area contributed by atoms with Gasteiger partial charge >= 0.3 is 7.82 Å². The Kier molecular flexibility index (Phi) is 6.07. The molecule has 3 aromatic carbocycles. The first kappa shape index (κ1) is 18.1. The molecular weight excluding hydrogens is 323 g/mol. The van der Waals surface area contributed by atoms with Gasteiger partial charge in [0.25, 0.3) is 0 Å². The molecule has 0 radical (unpaired) electrons. The van der Waals surface area contributed by atoms with Gasteiger partial charge in [0.05, 0.1) is 0 Å². The van der Waals surface area contributed by atoms with Crippen LogP contribution in [0.4, 0.5) is 0 Å². The van der Waals surface area contributed by atoms with Crippen LogP contribution < -0.4 is 0 Å². The summed E-state index contributed by atoms with van der Waals surface area (Å²) in [5, 5.41) is 0. The fourth-order valence-corrected chi connectivity index (χ4v) is 2.46. The second kappa shape index (κ2) is 8.04. The van der Waals surface area contributed by atoms with Crippen molar-refractivity contribution in [2.75, 3.05) is 0 Å². The van der Waals surface area contributed by atoms with Crippen molar-refractivity contribution < 1.29 is 19.2 Å². The van der Waals surface area contributed by atoms with Gasteiger partial charge in [-0.3, -0.25) is 0 Å². The lowest BCUT2D eigenvalue weighted by Crippen LogP contribution is -1.87. The molecule has 3 aromatic rings. The average molecular weight is 342 g/mol. The van der Waals surface area contributed by atoms with E-state index in [0.29, 0.717) is 0 Å². The van der Waals surface area contributed by atoms with Crippen molar-refractivity contribution >= 4 is 7.82 Å². The van der Waals surface area contributed by atoms with Crippen LogP contribution in [0.25, 0.3) is 22.3 Å². The van der Waals surface area contributed by atoms with E-state index < -0.39 is 7.82 Å². The Morgan fingerprint density at radius 1 is 0.625 bits per heavy atom. The Morgan fingerprint density at radius 3 is 1.58 bits per heavy atom. The SMILES string of the molecule is Cc1ccccc1-c1ccccc1-c1ccccc1.O=P(O)(O)O. The van der Waals surface area contributed by atoms with Crippen molar-refractivity contribution in [3.8, 4) is 22.3 Å². The smallest absolute Gasteiger partial charge is 0.303 e. The van der Waals surface area contributed by atoms with E-state index in [4.69, 9.17) is 19.2 Å². The molecule has 0 aliphatic rings. The van der Waals surface area contributed by atoms with Crippen LogP contribution in [0.2, 0.25) is 0 Å². The molecule has 5 heteroatoms. The molecule has 0 atom stereocenters. The summed E-state index contributed by atoms with van der Waals surface area (Å²) >= 11 is 0. The molecule has 0 aliphatic carbocycles. The minimum atomic E-state index is -4.64. The predicted molar refractivity (Wildman–Crippen MR) is 96.3 cm³/mol. The Balaban J connectivity index is 0.000000368. The summed E-state index contributed by atoms with van der Waals surface area (Å²) < 4.78 is 8.88. The van der Waals surface area contributed by atoms with Gasteiger partial charge in [0.1, 0.15) is 0 Å². The normalized spacial score (nSPS) is 10.7. The summed E-state index contributed by atoms with van der Waals surface area (Å²) in [5.41, 5.74) is 6.47. The molecule has 0 saturated carbocycles. The van der Waals surface area contributed by atoms with Crippen molar-refractivity contribution in [2.24, 2.45) is 0 Å². The zero-order valence-corrected chi connectivity index (χ0v) is 14.1. The average Bonchev–Trinajstić information content (AvgIpc) is 2.55. The van der Waals surface area contributed by atoms with Gasteiger partial charge in [-0.05, 0) is 34.7 Å². The molecule has 4 nitrogen and oxygen atoms in total. The van der Waals surface area contributed by atoms with E-state index in [1.165, 1.54) is 27.8 Å². The van der Waals surface area contributed by atoms with E-state index in [-0.39, 0.29) is 0 Å². The molecule has 24 heavy (non-hydrogen) atoms. The first-order valence-corrected chi connectivity index (χ1v) is 8.91. The number of benzene rings is 3. The van der Waals surface area contributed by atoms with Crippen LogP contribution in [0.3, 0.4) is 0 Å². The van der Waals surface area contributed by atoms with Gasteiger partial charge in [0, 0.05) is 0 Å². The van der Waals surface area contributed by atoms with Crippen molar-refractivity contribution in [1.82, 2.24) is 0 Å². The van der Waals surface area contributed by atoms with Gasteiger partial charge in [-0.15, -0.1) is 0 Å². The maximum Gasteiger partial charge on any atom is 0.466 e. The van der Waals surface area contributed by atoms with Crippen molar-refractivity contribution in [3.63, 3.8) is 0 Å². The molecule has 0 saturated heterocycles. The Morgan fingerprint density at radius 2 is 1.04 bits per heavy atom. The molecule has 0 fully saturated rings. The van der Waals surface area contributed by atoms with Crippen molar-refractivity contribution in [3.05, 3.63) is 84.4 Å². The third-order valence-corrected chi connectivity index (χ3v) is 3.45. The number of aryl methyl sites for hydroxylation is 1. The highest BCUT2D eigenvalue weighted by atomic mass is 31.2. The molecule has 0 bridgehead atoms. The van der Waals surface area contributed by atoms with Gasteiger partial charge in [-0.2, -0.15) is 0 Å². The number of hydrogen-bond acceptors (Lipinski definition) is 1. The van der Waals surface area contributed by atoms with Crippen LogP contribution in [0, 0.1) is 6.92 Å². The zero-order chi connectivity index (χ0) is 17.6. The highest BCUT2D eigenvalue weighted by Crippen LogP contribution is 2.33. The fourth-order valence-electron chi connectivity index (χ4n) is 2.46. The van der Waals surface area contributed by atoms with Crippen LogP contribution in [0.1, 0.15) is 5.56 Å². The maximum atomic E-state index is 8.88. The van der Waals surface area contributed by atoms with Crippen LogP contribution in [0.15, 0.2) is 78.9 Å². The molecule has 3 rings (SSSR count). The minimum Gasteiger partial charge on any atom is -0.303 e. The standard InChI is InChI=1S/C19H16.H3O4P/c1-15-9-5-6-12-17(15)19-14-8-7-13-18(19)16-10-3-2-4-11-16;1-5(2,3)4/h2-14H,1H3;(H3,1,2,3,4). The molecule has 0 amide bonds. The van der Waals surface area contributed by atoms with E-state index >= 15 is 0 Å². The second-order valence-corrected chi connectivity index (χ2v) is 6.27. The third kappa shape index (κ3) is 5.44. The van der Waals surface area contributed by atoms with Crippen LogP contribution >= 0.6 is 7.82 Å². The van der Waals surface area contributed by atoms with E-state index in [1.54, 1.807) is 0 Å². The first-order chi connectivity index (χ1) is 11.4. The fraction of sp³-hybridized carbons (Fsp3) is 0.0526. The lowest BCUT2D eigenvalue weighted by Gasteiger charge is -2.12. The number of phosphoric acid groups is 1. The molecule has 0 heterocycles. The Bertz CT molecular complexity index is 832. The summed E-state index contributed by atoms with van der Waals surface area (Å²) in [6.07, 6.45) is 0. The summed E-state index contributed by atoms with van der Waals surface area (Å²) in [6, 6.07) is 27.7. The van der Waals surface area contributed by atoms with Gasteiger partial charge < -0.3 is 14.7 Å². The summed E-state index contributed by atoms with van der Waals surface area (Å²) in [7, 11) is -4.64. The zero-order valence-electron chi connectivity index (χ0n) is 13.2. The lowest BCUT2D eigenvalue weighted by molar-refractivity contribution is 0.275. The number of hydrogen-bond donors (Lipinski definition) is 3. The number of rotatable bonds is 2. The van der Waals surface area contributed by atoms with E-state index in [1.807, 2.05) is 0 Å². The topological polar surface area (TPSA) is 77.8 Å². The Hall–Kier alpha value is -2.23. The van der Waals surface area contributed by atoms with Crippen LogP contribution in [-0.2, 0) is 4.57 Å². The van der Waals surface area contributed by atoms with Gasteiger partial charge in [-0.1, -0.05) is 78.9 Å². The molecular formula is C19H19O4P. The molecule has 0 aromatic heterocycles. The highest BCUT2D eigenvalue weighted by molar-refractivity contribution is 7.45. The second-order valence-electron chi connectivity index (χ2n) is 5.24. The van der Waals surface area contributed by atoms with Crippen molar-refractivity contribution in [1.29, 1.82) is 0 Å². The maximum absolute atomic E-state index is 8.88. The highest BCUT2D eigenvalue weighted by Gasteiger charge is 2.07. The van der Waals surface area contributed by atoms with E-state index in [2.05, 4.69) is 85.8 Å². The first-order valence-electron chi connectivity index (χ1n) is 7.35. The summed E-state index contributed by atoms with van der Waals surface area (Å²) in [4.78, 5) is 21.6. The molecule has 3 N–H and O–H groups in total. The lowest BCUT2D eigenvalue weighted by atomic mass is 9.92. The quantitative estimate of drug-likeness (QED) is 0.603. The molecule has 124 valence electrons. The molecule has 0 unspecified atom stereocenters. The van der Waals surface area contributed by atoms with Gasteiger partial charge in [0.15, 0.2) is 0 Å². The van der Waals surface area contributed by atoms with E-state index in [9.17, 15) is 0 Å². The van der Waals surface area contributed by atoms with Gasteiger partial charge in [-0.25, -0.2) is 4.57 Å². The minimum absolute atomic E-state index is 1.27. The monoisotopic (exact) mass is 342 g/mol. The van der Waals surface area contributed by atoms with Crippen LogP contribution in [-0.4, -0.2) is 14.7 Å². The predicted octanol–water partition coefficient (Wildman–Crippen LogP) is 4.40. The van der Waals surface area contributed by atoms with Gasteiger partial charge in [0.2, 0.25) is 0 Å². The molecule has 0 aliphatic heterocycles. The molecule has 0 spiro atoms. The Labute approximate surface area is 141 Å². The van der Waals surface area contributed by atoms with Crippen molar-refractivity contribution in [2.45, 2.75) is 6.92 Å². The van der Waals surface area contributed by atoms with Crippen LogP contribution in [0.5, 0.6) is 0 Å². The summed E-state index contributed by atoms with van der Waals surface area (Å²) in [5.74, 6) is 0. The summed E-state index contributed by atoms with van der Waals surface area (Å²) in [6.45, 7) is 2.16. The van der Waals surface area contributed by atoms with E-state index in [0.717, 1.165) is 0 Å².